The van der Waals surface area contributed by atoms with Gasteiger partial charge in [-0.3, -0.25) is 9.36 Å². The zero-order valence-electron chi connectivity index (χ0n) is 28.7. The van der Waals surface area contributed by atoms with Gasteiger partial charge in [-0.1, -0.05) is 61.9 Å². The maximum absolute atomic E-state index is 13.7. The molecule has 0 radical (unpaired) electrons. The van der Waals surface area contributed by atoms with Crippen molar-refractivity contribution in [2.75, 3.05) is 6.61 Å². The number of aromatic hydroxyl groups is 1. The highest BCUT2D eigenvalue weighted by molar-refractivity contribution is 5.98. The number of nitrogens with zero attached hydrogens (tertiary/aromatic N) is 1. The average molecular weight is 757 g/mol. The van der Waals surface area contributed by atoms with Gasteiger partial charge in [0.15, 0.2) is 5.78 Å². The highest BCUT2D eigenvalue weighted by atomic mass is 19.4. The van der Waals surface area contributed by atoms with Gasteiger partial charge in [0.05, 0.1) is 24.4 Å². The minimum atomic E-state index is -6.06. The SMILES string of the molecule is CCCc1cc(C(O)(C(F)(F)F)C(F)(F)F)ccc1Oc1ccc(C(=O)Cn2c(O)c(Cc3ccc4c(c3)CCO4)[nH]c2=O)c(OCc2ccccc2)c1. The number of aliphatic hydroxyl groups is 1. The highest BCUT2D eigenvalue weighted by Gasteiger charge is 2.71. The second kappa shape index (κ2) is 15.0. The summed E-state index contributed by atoms with van der Waals surface area (Å²) in [5.41, 5.74) is -4.55. The molecule has 9 nitrogen and oxygen atoms in total. The molecule has 0 atom stereocenters. The second-order valence-electron chi connectivity index (χ2n) is 12.8. The van der Waals surface area contributed by atoms with Crippen LogP contribution in [0.1, 0.15) is 57.2 Å². The summed E-state index contributed by atoms with van der Waals surface area (Å²) in [4.78, 5) is 29.3. The van der Waals surface area contributed by atoms with Crippen LogP contribution in [0.4, 0.5) is 26.3 Å². The van der Waals surface area contributed by atoms with Crippen molar-refractivity contribution in [1.29, 1.82) is 0 Å². The predicted molar refractivity (Wildman–Crippen MR) is 183 cm³/mol. The van der Waals surface area contributed by atoms with E-state index in [4.69, 9.17) is 14.2 Å². The summed E-state index contributed by atoms with van der Waals surface area (Å²) in [6.45, 7) is 1.63. The molecule has 15 heteroatoms. The molecule has 0 saturated heterocycles. The number of aromatic amines is 1. The number of rotatable bonds is 13. The molecule has 0 bridgehead atoms. The minimum Gasteiger partial charge on any atom is -0.493 e. The van der Waals surface area contributed by atoms with E-state index in [2.05, 4.69) is 4.98 Å². The van der Waals surface area contributed by atoms with Gasteiger partial charge in [0.1, 0.15) is 29.6 Å². The number of hydrogen-bond donors (Lipinski definition) is 3. The minimum absolute atomic E-state index is 0.000681. The summed E-state index contributed by atoms with van der Waals surface area (Å²) in [6.07, 6.45) is -10.9. The lowest BCUT2D eigenvalue weighted by atomic mass is 9.90. The van der Waals surface area contributed by atoms with Gasteiger partial charge < -0.3 is 29.4 Å². The van der Waals surface area contributed by atoms with Gasteiger partial charge in [0.2, 0.25) is 5.88 Å². The summed E-state index contributed by atoms with van der Waals surface area (Å²) >= 11 is 0. The van der Waals surface area contributed by atoms with Crippen LogP contribution in [0.3, 0.4) is 0 Å². The fourth-order valence-electron chi connectivity index (χ4n) is 6.20. The first-order valence-electron chi connectivity index (χ1n) is 16.8. The molecular weight excluding hydrogens is 722 g/mol. The first-order valence-corrected chi connectivity index (χ1v) is 16.8. The number of imidazole rings is 1. The molecule has 284 valence electrons. The van der Waals surface area contributed by atoms with Crippen molar-refractivity contribution in [1.82, 2.24) is 9.55 Å². The fourth-order valence-corrected chi connectivity index (χ4v) is 6.20. The van der Waals surface area contributed by atoms with E-state index in [0.29, 0.717) is 25.2 Å². The lowest BCUT2D eigenvalue weighted by Gasteiger charge is -2.33. The Hall–Kier alpha value is -5.70. The lowest BCUT2D eigenvalue weighted by Crippen LogP contribution is -2.53. The first-order chi connectivity index (χ1) is 25.6. The lowest BCUT2D eigenvalue weighted by molar-refractivity contribution is -0.376. The number of H-pyrrole nitrogens is 1. The molecule has 0 fully saturated rings. The van der Waals surface area contributed by atoms with Crippen molar-refractivity contribution in [2.45, 2.75) is 63.7 Å². The van der Waals surface area contributed by atoms with E-state index < -0.39 is 47.4 Å². The van der Waals surface area contributed by atoms with Gasteiger partial charge in [0, 0.05) is 24.5 Å². The Morgan fingerprint density at radius 1 is 0.907 bits per heavy atom. The Morgan fingerprint density at radius 2 is 1.65 bits per heavy atom. The standard InChI is InChI=1S/C39H34F6N2O7/c1-2-6-25-19-27(37(51,38(40,41)42)39(43,44)45)10-14-33(25)54-28-11-12-29(34(20-28)53-22-23-7-4-3-5-8-23)31(48)21-47-35(49)30(46-36(47)50)18-24-9-13-32-26(17-24)15-16-52-32/h3-5,7-14,17,19-20,49,51H,2,6,15-16,18,21-22H2,1H3,(H,46,50). The average Bonchev–Trinajstić information content (AvgIpc) is 3.70. The maximum atomic E-state index is 13.7. The van der Waals surface area contributed by atoms with E-state index in [1.54, 1.807) is 37.3 Å². The topological polar surface area (TPSA) is 123 Å². The van der Waals surface area contributed by atoms with Crippen molar-refractivity contribution in [3.8, 4) is 28.9 Å². The van der Waals surface area contributed by atoms with Crippen molar-refractivity contribution in [3.05, 3.63) is 134 Å². The molecule has 3 N–H and O–H groups in total. The number of ketones is 1. The van der Waals surface area contributed by atoms with Gasteiger partial charge in [-0.05, 0) is 59.0 Å². The van der Waals surface area contributed by atoms with Crippen LogP contribution in [0.5, 0.6) is 28.9 Å². The number of carbonyl (C=O) groups is 1. The number of Topliss-reactive ketones (excluding diaryl/α,β-unsaturated/α-hetero) is 1. The number of ether oxygens (including phenoxy) is 3. The molecule has 2 heterocycles. The van der Waals surface area contributed by atoms with Crippen LogP contribution in [0, 0.1) is 0 Å². The zero-order chi connectivity index (χ0) is 38.8. The number of benzene rings is 4. The van der Waals surface area contributed by atoms with E-state index in [0.717, 1.165) is 39.5 Å². The summed E-state index contributed by atoms with van der Waals surface area (Å²) < 4.78 is 100. The molecule has 5 aromatic rings. The van der Waals surface area contributed by atoms with Crippen molar-refractivity contribution >= 4 is 5.78 Å². The van der Waals surface area contributed by atoms with E-state index in [1.165, 1.54) is 18.2 Å². The third-order valence-corrected chi connectivity index (χ3v) is 9.00. The third-order valence-electron chi connectivity index (χ3n) is 9.00. The molecule has 0 aliphatic carbocycles. The molecule has 54 heavy (non-hydrogen) atoms. The molecular formula is C39H34F6N2O7. The smallest absolute Gasteiger partial charge is 0.430 e. The van der Waals surface area contributed by atoms with Crippen molar-refractivity contribution in [3.63, 3.8) is 0 Å². The van der Waals surface area contributed by atoms with E-state index in [1.807, 2.05) is 18.2 Å². The third kappa shape index (κ3) is 7.67. The van der Waals surface area contributed by atoms with Crippen LogP contribution in [-0.2, 0) is 38.0 Å². The molecule has 1 aromatic heterocycles. The van der Waals surface area contributed by atoms with Crippen molar-refractivity contribution in [2.24, 2.45) is 0 Å². The number of halogens is 6. The Kier molecular flexibility index (Phi) is 10.5. The molecule has 0 saturated carbocycles. The predicted octanol–water partition coefficient (Wildman–Crippen LogP) is 7.93. The molecule has 0 amide bonds. The normalized spacial score (nSPS) is 13.0. The zero-order valence-corrected chi connectivity index (χ0v) is 28.7. The van der Waals surface area contributed by atoms with Gasteiger partial charge in [-0.25, -0.2) is 4.79 Å². The first kappa shape index (κ1) is 38.0. The number of nitrogens with one attached hydrogen (secondary N) is 1. The second-order valence-corrected chi connectivity index (χ2v) is 12.8. The van der Waals surface area contributed by atoms with Crippen LogP contribution in [0.2, 0.25) is 0 Å². The van der Waals surface area contributed by atoms with Gasteiger partial charge in [-0.2, -0.15) is 26.3 Å². The number of aromatic nitrogens is 2. The number of aryl methyl sites for hydroxylation is 1. The summed E-state index contributed by atoms with van der Waals surface area (Å²) in [5, 5.41) is 20.9. The van der Waals surface area contributed by atoms with Gasteiger partial charge in [-0.15, -0.1) is 0 Å². The Balaban J connectivity index is 1.29. The fraction of sp³-hybridized carbons (Fsp3) is 0.282. The molecule has 4 aromatic carbocycles. The van der Waals surface area contributed by atoms with Crippen LogP contribution >= 0.6 is 0 Å². The largest absolute Gasteiger partial charge is 0.493 e. The summed E-state index contributed by atoms with van der Waals surface area (Å²) in [5.74, 6) is -0.358. The molecule has 0 spiro atoms. The molecule has 1 aliphatic rings. The number of hydrogen-bond acceptors (Lipinski definition) is 7. The van der Waals surface area contributed by atoms with E-state index in [9.17, 15) is 46.1 Å². The van der Waals surface area contributed by atoms with Gasteiger partial charge in [0.25, 0.3) is 5.60 Å². The number of carbonyl (C=O) groups excluding carboxylic acids is 1. The summed E-state index contributed by atoms with van der Waals surface area (Å²) in [7, 11) is 0. The van der Waals surface area contributed by atoms with Crippen LogP contribution in [0.15, 0.2) is 89.7 Å². The Labute approximate surface area is 304 Å². The van der Waals surface area contributed by atoms with E-state index in [-0.39, 0.29) is 53.5 Å². The van der Waals surface area contributed by atoms with Crippen molar-refractivity contribution < 1.29 is 55.6 Å². The monoisotopic (exact) mass is 756 g/mol. The summed E-state index contributed by atoms with van der Waals surface area (Å²) in [6, 6.07) is 20.5. The Morgan fingerprint density at radius 3 is 2.35 bits per heavy atom. The van der Waals surface area contributed by atoms with Crippen LogP contribution in [0.25, 0.3) is 0 Å². The quantitative estimate of drug-likeness (QED) is 0.0824. The van der Waals surface area contributed by atoms with Gasteiger partial charge >= 0.3 is 18.0 Å². The number of alkyl halides is 6. The highest BCUT2D eigenvalue weighted by Crippen LogP contribution is 2.51. The maximum Gasteiger partial charge on any atom is 0.430 e. The van der Waals surface area contributed by atoms with E-state index >= 15 is 0 Å². The number of fused-ring (bicyclic) bond motifs is 1. The Bertz CT molecular complexity index is 2200. The molecule has 0 unspecified atom stereocenters. The molecule has 6 rings (SSSR count). The molecule has 1 aliphatic heterocycles. The van der Waals surface area contributed by atoms with Crippen LogP contribution in [-0.4, -0.2) is 44.5 Å². The van der Waals surface area contributed by atoms with Crippen LogP contribution < -0.4 is 19.9 Å².